The van der Waals surface area contributed by atoms with Gasteiger partial charge in [0.15, 0.2) is 0 Å². The van der Waals surface area contributed by atoms with Gasteiger partial charge in [0.2, 0.25) is 0 Å². The number of carboxylic acids is 1. The molecule has 0 radical (unpaired) electrons. The number of anilines is 2. The maximum Gasteiger partial charge on any atom is 0.337 e. The molecule has 1 N–H and O–H groups in total. The number of hydrogen-bond acceptors (Lipinski definition) is 6. The average molecular weight is 508 g/mol. The van der Waals surface area contributed by atoms with E-state index in [0.29, 0.717) is 18.3 Å². The first-order chi connectivity index (χ1) is 18.4. The van der Waals surface area contributed by atoms with Gasteiger partial charge < -0.3 is 14.4 Å². The predicted molar refractivity (Wildman–Crippen MR) is 145 cm³/mol. The van der Waals surface area contributed by atoms with Crippen molar-refractivity contribution in [2.75, 3.05) is 4.90 Å². The minimum absolute atomic E-state index is 0.153. The number of carboxylic acid groups (broad SMARTS) is 1. The maximum absolute atomic E-state index is 11.2. The third-order valence-electron chi connectivity index (χ3n) is 7.38. The van der Waals surface area contributed by atoms with Crippen molar-refractivity contribution in [1.29, 1.82) is 0 Å². The van der Waals surface area contributed by atoms with Crippen LogP contribution in [0.15, 0.2) is 71.5 Å². The lowest BCUT2D eigenvalue weighted by molar-refractivity contribution is 0.0696. The molecule has 192 valence electrons. The smallest absolute Gasteiger partial charge is 0.337 e. The Balaban J connectivity index is 1.28. The molecule has 0 unspecified atom stereocenters. The first kappa shape index (κ1) is 24.0. The van der Waals surface area contributed by atoms with Crippen molar-refractivity contribution >= 4 is 17.5 Å². The number of carbonyl (C=O) groups is 1. The van der Waals surface area contributed by atoms with Crippen LogP contribution in [0.2, 0.25) is 0 Å². The van der Waals surface area contributed by atoms with Crippen LogP contribution in [0.25, 0.3) is 11.3 Å². The van der Waals surface area contributed by atoms with E-state index in [-0.39, 0.29) is 5.56 Å². The molecule has 7 nitrogen and oxygen atoms in total. The molecule has 1 aliphatic carbocycles. The van der Waals surface area contributed by atoms with Crippen LogP contribution in [0, 0.1) is 13.8 Å². The number of rotatable bonds is 7. The number of fused-ring (bicyclic) bond motifs is 1. The van der Waals surface area contributed by atoms with Crippen molar-refractivity contribution < 1.29 is 19.2 Å². The van der Waals surface area contributed by atoms with E-state index >= 15 is 0 Å². The number of pyridine rings is 1. The molecule has 1 aliphatic heterocycles. The third kappa shape index (κ3) is 4.34. The molecule has 7 heteroatoms. The molecule has 3 heterocycles. The van der Waals surface area contributed by atoms with E-state index in [4.69, 9.17) is 9.26 Å². The Bertz CT molecular complexity index is 1530. The molecule has 2 aliphatic rings. The number of aryl methyl sites for hydroxylation is 3. The van der Waals surface area contributed by atoms with Crippen LogP contribution in [0.5, 0.6) is 5.75 Å². The van der Waals surface area contributed by atoms with Gasteiger partial charge in [-0.05, 0) is 86.6 Å². The Kier molecular flexibility index (Phi) is 5.98. The van der Waals surface area contributed by atoms with Crippen LogP contribution in [0.1, 0.15) is 63.6 Å². The molecule has 0 saturated heterocycles. The first-order valence-corrected chi connectivity index (χ1v) is 12.9. The molecule has 4 aromatic rings. The molecule has 0 amide bonds. The summed E-state index contributed by atoms with van der Waals surface area (Å²) in [5.41, 5.74) is 8.52. The number of hydrogen-bond donors (Lipinski definition) is 1. The summed E-state index contributed by atoms with van der Waals surface area (Å²) in [6.45, 7) is 8.81. The molecule has 0 bridgehead atoms. The predicted octanol–water partition coefficient (Wildman–Crippen LogP) is 7.11. The number of benzene rings is 2. The second-order valence-corrected chi connectivity index (χ2v) is 10.1. The third-order valence-corrected chi connectivity index (χ3v) is 7.38. The van der Waals surface area contributed by atoms with Crippen LogP contribution in [0.3, 0.4) is 0 Å². The average Bonchev–Trinajstić information content (AvgIpc) is 3.67. The Morgan fingerprint density at radius 2 is 1.92 bits per heavy atom. The van der Waals surface area contributed by atoms with E-state index in [2.05, 4.69) is 54.8 Å². The number of nitrogens with zero attached hydrogens (tertiary/aromatic N) is 3. The van der Waals surface area contributed by atoms with Gasteiger partial charge in [-0.25, -0.2) is 9.78 Å². The van der Waals surface area contributed by atoms with Crippen LogP contribution < -0.4 is 9.64 Å². The summed E-state index contributed by atoms with van der Waals surface area (Å²) >= 11 is 0. The number of allylic oxidation sites excluding steroid dienone is 1. The topological polar surface area (TPSA) is 88.7 Å². The molecule has 1 saturated carbocycles. The van der Waals surface area contributed by atoms with Crippen LogP contribution >= 0.6 is 0 Å². The fraction of sp³-hybridized carbons (Fsp3) is 0.258. The van der Waals surface area contributed by atoms with Crippen molar-refractivity contribution in [2.45, 2.75) is 52.1 Å². The van der Waals surface area contributed by atoms with Crippen molar-refractivity contribution in [3.8, 4) is 17.0 Å². The van der Waals surface area contributed by atoms with Gasteiger partial charge in [0.25, 0.3) is 0 Å². The summed E-state index contributed by atoms with van der Waals surface area (Å²) < 4.78 is 12.2. The van der Waals surface area contributed by atoms with Gasteiger partial charge in [0, 0.05) is 23.4 Å². The molecular formula is C31H29N3O4. The number of aromatic nitrogens is 2. The lowest BCUT2D eigenvalue weighted by Gasteiger charge is -2.32. The Hall–Kier alpha value is -4.39. The molecule has 6 rings (SSSR count). The molecule has 0 spiro atoms. The quantitative estimate of drug-likeness (QED) is 0.285. The van der Waals surface area contributed by atoms with Crippen molar-refractivity contribution in [2.24, 2.45) is 0 Å². The Labute approximate surface area is 221 Å². The van der Waals surface area contributed by atoms with Gasteiger partial charge in [-0.3, -0.25) is 4.90 Å². The van der Waals surface area contributed by atoms with Gasteiger partial charge in [-0.2, -0.15) is 0 Å². The standard InChI is InChI=1S/C31H29N3O4/c1-18-5-4-6-19(2)28(18)29-25(30(38-33-29)21-9-10-21)17-37-24-12-13-26-22(15-24)8-7-20(3)34(26)27-14-11-23(16-32-27)31(35)36/h4-6,11-16,21H,3,7-10,17H2,1-2H3,(H,35,36). The lowest BCUT2D eigenvalue weighted by atomic mass is 9.96. The second kappa shape index (κ2) is 9.49. The fourth-order valence-corrected chi connectivity index (χ4v) is 5.23. The minimum atomic E-state index is -0.998. The lowest BCUT2D eigenvalue weighted by Crippen LogP contribution is -2.23. The summed E-state index contributed by atoms with van der Waals surface area (Å²) in [5.74, 6) is 1.79. The molecule has 2 aromatic heterocycles. The largest absolute Gasteiger partial charge is 0.489 e. The number of ether oxygens (including phenoxy) is 1. The van der Waals surface area contributed by atoms with E-state index in [1.165, 1.54) is 17.3 Å². The maximum atomic E-state index is 11.2. The summed E-state index contributed by atoms with van der Waals surface area (Å²) in [5, 5.41) is 13.7. The highest BCUT2D eigenvalue weighted by Gasteiger charge is 2.33. The normalized spacial score (nSPS) is 14.9. The van der Waals surface area contributed by atoms with Gasteiger partial charge in [-0.15, -0.1) is 0 Å². The number of aromatic carboxylic acids is 1. The minimum Gasteiger partial charge on any atom is -0.489 e. The van der Waals surface area contributed by atoms with E-state index in [1.54, 1.807) is 12.1 Å². The monoisotopic (exact) mass is 507 g/mol. The van der Waals surface area contributed by atoms with E-state index in [0.717, 1.165) is 71.0 Å². The summed E-state index contributed by atoms with van der Waals surface area (Å²) in [6, 6.07) is 15.6. The van der Waals surface area contributed by atoms with Gasteiger partial charge in [0.1, 0.15) is 29.6 Å². The highest BCUT2D eigenvalue weighted by atomic mass is 16.5. The zero-order valence-electron chi connectivity index (χ0n) is 21.5. The van der Waals surface area contributed by atoms with Crippen LogP contribution in [-0.4, -0.2) is 21.2 Å². The second-order valence-electron chi connectivity index (χ2n) is 10.1. The zero-order chi connectivity index (χ0) is 26.4. The van der Waals surface area contributed by atoms with Gasteiger partial charge in [0.05, 0.1) is 16.8 Å². The summed E-state index contributed by atoms with van der Waals surface area (Å²) in [7, 11) is 0. The van der Waals surface area contributed by atoms with Gasteiger partial charge in [-0.1, -0.05) is 29.9 Å². The van der Waals surface area contributed by atoms with E-state index in [9.17, 15) is 9.90 Å². The Morgan fingerprint density at radius 1 is 1.13 bits per heavy atom. The highest BCUT2D eigenvalue weighted by Crippen LogP contribution is 2.45. The molecule has 1 fully saturated rings. The van der Waals surface area contributed by atoms with Crippen molar-refractivity contribution in [3.63, 3.8) is 0 Å². The fourth-order valence-electron chi connectivity index (χ4n) is 5.23. The first-order valence-electron chi connectivity index (χ1n) is 12.9. The zero-order valence-corrected chi connectivity index (χ0v) is 21.5. The van der Waals surface area contributed by atoms with Gasteiger partial charge >= 0.3 is 5.97 Å². The SMILES string of the molecule is C=C1CCc2cc(OCc3c(-c4c(C)cccc4C)noc3C3CC3)ccc2N1c1ccc(C(=O)O)cn1. The Morgan fingerprint density at radius 3 is 2.61 bits per heavy atom. The van der Waals surface area contributed by atoms with E-state index in [1.807, 2.05) is 17.0 Å². The summed E-state index contributed by atoms with van der Waals surface area (Å²) in [6.07, 6.45) is 5.22. The van der Waals surface area contributed by atoms with Crippen LogP contribution in [-0.2, 0) is 13.0 Å². The van der Waals surface area contributed by atoms with Crippen molar-refractivity contribution in [1.82, 2.24) is 10.1 Å². The van der Waals surface area contributed by atoms with E-state index < -0.39 is 5.97 Å². The molecular weight excluding hydrogens is 478 g/mol. The van der Waals surface area contributed by atoms with Crippen LogP contribution in [0.4, 0.5) is 11.5 Å². The summed E-state index contributed by atoms with van der Waals surface area (Å²) in [4.78, 5) is 17.6. The molecule has 38 heavy (non-hydrogen) atoms. The molecule has 0 atom stereocenters. The molecule has 2 aromatic carbocycles. The highest BCUT2D eigenvalue weighted by molar-refractivity contribution is 5.87. The van der Waals surface area contributed by atoms with Crippen molar-refractivity contribution in [3.05, 3.63) is 101 Å².